The molecule has 0 aliphatic rings. The fourth-order valence-corrected chi connectivity index (χ4v) is 1.03. The molecule has 0 aromatic carbocycles. The SMILES string of the molecule is C=CC(=O)NCCCCN(C)C(C)C. The summed E-state index contributed by atoms with van der Waals surface area (Å²) in [5, 5.41) is 2.76. The Hall–Kier alpha value is -0.830. The normalized spacial score (nSPS) is 10.6. The Morgan fingerprint density at radius 1 is 1.50 bits per heavy atom. The summed E-state index contributed by atoms with van der Waals surface area (Å²) in [6.07, 6.45) is 3.45. The number of hydrogen-bond donors (Lipinski definition) is 1. The van der Waals surface area contributed by atoms with Gasteiger partial charge in [-0.2, -0.15) is 0 Å². The van der Waals surface area contributed by atoms with Crippen LogP contribution in [0.15, 0.2) is 12.7 Å². The number of rotatable bonds is 7. The van der Waals surface area contributed by atoms with Crippen molar-refractivity contribution in [2.45, 2.75) is 32.7 Å². The van der Waals surface area contributed by atoms with Crippen molar-refractivity contribution in [3.8, 4) is 0 Å². The lowest BCUT2D eigenvalue weighted by molar-refractivity contribution is -0.116. The molecule has 1 amide bonds. The molecule has 14 heavy (non-hydrogen) atoms. The Morgan fingerprint density at radius 3 is 2.64 bits per heavy atom. The van der Waals surface area contributed by atoms with Gasteiger partial charge in [0.15, 0.2) is 0 Å². The summed E-state index contributed by atoms with van der Waals surface area (Å²) >= 11 is 0. The van der Waals surface area contributed by atoms with E-state index >= 15 is 0 Å². The van der Waals surface area contributed by atoms with E-state index in [4.69, 9.17) is 0 Å². The van der Waals surface area contributed by atoms with Crippen molar-refractivity contribution >= 4 is 5.91 Å². The summed E-state index contributed by atoms with van der Waals surface area (Å²) in [7, 11) is 2.12. The maximum atomic E-state index is 10.8. The number of unbranched alkanes of at least 4 members (excludes halogenated alkanes) is 1. The van der Waals surface area contributed by atoms with Crippen LogP contribution in [0.4, 0.5) is 0 Å². The molecule has 0 rings (SSSR count). The molecule has 0 fully saturated rings. The maximum Gasteiger partial charge on any atom is 0.243 e. The van der Waals surface area contributed by atoms with E-state index in [9.17, 15) is 4.79 Å². The third kappa shape index (κ3) is 6.66. The number of amides is 1. The fraction of sp³-hybridized carbons (Fsp3) is 0.727. The van der Waals surface area contributed by atoms with Crippen LogP contribution in [-0.4, -0.2) is 37.0 Å². The van der Waals surface area contributed by atoms with Crippen molar-refractivity contribution in [2.75, 3.05) is 20.1 Å². The molecule has 0 bridgehead atoms. The molecule has 0 aromatic rings. The van der Waals surface area contributed by atoms with Gasteiger partial charge in [-0.1, -0.05) is 6.58 Å². The molecule has 0 radical (unpaired) electrons. The van der Waals surface area contributed by atoms with Crippen molar-refractivity contribution in [2.24, 2.45) is 0 Å². The monoisotopic (exact) mass is 198 g/mol. The highest BCUT2D eigenvalue weighted by molar-refractivity contribution is 5.86. The highest BCUT2D eigenvalue weighted by Crippen LogP contribution is 1.97. The van der Waals surface area contributed by atoms with Gasteiger partial charge in [0, 0.05) is 12.6 Å². The molecular formula is C11H22N2O. The summed E-state index contributed by atoms with van der Waals surface area (Å²) in [6.45, 7) is 9.58. The van der Waals surface area contributed by atoms with Crippen molar-refractivity contribution in [1.82, 2.24) is 10.2 Å². The fourth-order valence-electron chi connectivity index (χ4n) is 1.03. The first-order chi connectivity index (χ1) is 6.57. The molecule has 0 spiro atoms. The minimum Gasteiger partial charge on any atom is -0.353 e. The summed E-state index contributed by atoms with van der Waals surface area (Å²) in [4.78, 5) is 13.1. The lowest BCUT2D eigenvalue weighted by Crippen LogP contribution is -2.28. The van der Waals surface area contributed by atoms with Gasteiger partial charge in [0.05, 0.1) is 0 Å². The van der Waals surface area contributed by atoms with Crippen LogP contribution < -0.4 is 5.32 Å². The lowest BCUT2D eigenvalue weighted by Gasteiger charge is -2.20. The Labute approximate surface area is 87.2 Å². The predicted molar refractivity (Wildman–Crippen MR) is 60.2 cm³/mol. The summed E-state index contributed by atoms with van der Waals surface area (Å²) in [5.74, 6) is -0.0813. The van der Waals surface area contributed by atoms with E-state index in [2.05, 4.69) is 37.7 Å². The molecule has 0 aliphatic heterocycles. The van der Waals surface area contributed by atoms with Gasteiger partial charge in [0.2, 0.25) is 5.91 Å². The van der Waals surface area contributed by atoms with Crippen LogP contribution in [-0.2, 0) is 4.79 Å². The molecule has 0 unspecified atom stereocenters. The first kappa shape index (κ1) is 13.2. The quantitative estimate of drug-likeness (QED) is 0.495. The topological polar surface area (TPSA) is 32.3 Å². The van der Waals surface area contributed by atoms with E-state index in [1.165, 1.54) is 6.08 Å². The van der Waals surface area contributed by atoms with Crippen LogP contribution in [0.5, 0.6) is 0 Å². The van der Waals surface area contributed by atoms with Gasteiger partial charge >= 0.3 is 0 Å². The summed E-state index contributed by atoms with van der Waals surface area (Å²) in [6, 6.07) is 0.595. The van der Waals surface area contributed by atoms with Crippen LogP contribution in [0.25, 0.3) is 0 Å². The van der Waals surface area contributed by atoms with E-state index in [1.807, 2.05) is 0 Å². The van der Waals surface area contributed by atoms with E-state index in [0.29, 0.717) is 6.04 Å². The Kier molecular flexibility index (Phi) is 7.11. The molecule has 0 heterocycles. The highest BCUT2D eigenvalue weighted by Gasteiger charge is 2.01. The van der Waals surface area contributed by atoms with Crippen molar-refractivity contribution in [1.29, 1.82) is 0 Å². The average molecular weight is 198 g/mol. The number of carbonyl (C=O) groups excluding carboxylic acids is 1. The van der Waals surface area contributed by atoms with E-state index in [-0.39, 0.29) is 5.91 Å². The van der Waals surface area contributed by atoms with Crippen LogP contribution in [0, 0.1) is 0 Å². The molecule has 0 aliphatic carbocycles. The van der Waals surface area contributed by atoms with E-state index in [0.717, 1.165) is 25.9 Å². The molecule has 1 N–H and O–H groups in total. The molecule has 0 saturated carbocycles. The smallest absolute Gasteiger partial charge is 0.243 e. The van der Waals surface area contributed by atoms with Gasteiger partial charge in [-0.3, -0.25) is 4.79 Å². The summed E-state index contributed by atoms with van der Waals surface area (Å²) < 4.78 is 0. The van der Waals surface area contributed by atoms with Crippen LogP contribution >= 0.6 is 0 Å². The number of hydrogen-bond acceptors (Lipinski definition) is 2. The van der Waals surface area contributed by atoms with Gasteiger partial charge in [-0.25, -0.2) is 0 Å². The Morgan fingerprint density at radius 2 is 2.14 bits per heavy atom. The molecule has 0 atom stereocenters. The van der Waals surface area contributed by atoms with E-state index < -0.39 is 0 Å². The lowest BCUT2D eigenvalue weighted by atomic mass is 10.2. The number of nitrogens with zero attached hydrogens (tertiary/aromatic N) is 1. The first-order valence-corrected chi connectivity index (χ1v) is 5.18. The largest absolute Gasteiger partial charge is 0.353 e. The predicted octanol–water partition coefficient (Wildman–Crippen LogP) is 1.41. The van der Waals surface area contributed by atoms with E-state index in [1.54, 1.807) is 0 Å². The molecular weight excluding hydrogens is 176 g/mol. The van der Waals surface area contributed by atoms with Crippen LogP contribution in [0.1, 0.15) is 26.7 Å². The zero-order valence-electron chi connectivity index (χ0n) is 9.55. The minimum atomic E-state index is -0.0813. The average Bonchev–Trinajstić information content (AvgIpc) is 2.16. The molecule has 0 saturated heterocycles. The maximum absolute atomic E-state index is 10.8. The standard InChI is InChI=1S/C11H22N2O/c1-5-11(14)12-8-6-7-9-13(4)10(2)3/h5,10H,1,6-9H2,2-4H3,(H,12,14). The molecule has 3 nitrogen and oxygen atoms in total. The first-order valence-electron chi connectivity index (χ1n) is 5.18. The number of carbonyl (C=O) groups is 1. The second-order valence-corrected chi connectivity index (χ2v) is 3.78. The second kappa shape index (κ2) is 7.56. The second-order valence-electron chi connectivity index (χ2n) is 3.78. The van der Waals surface area contributed by atoms with Crippen molar-refractivity contribution < 1.29 is 4.79 Å². The zero-order valence-corrected chi connectivity index (χ0v) is 9.55. The zero-order chi connectivity index (χ0) is 11.0. The molecule has 0 aromatic heterocycles. The van der Waals surface area contributed by atoms with Crippen molar-refractivity contribution in [3.05, 3.63) is 12.7 Å². The van der Waals surface area contributed by atoms with Gasteiger partial charge in [0.25, 0.3) is 0 Å². The Bertz CT molecular complexity index is 178. The number of nitrogens with one attached hydrogen (secondary N) is 1. The van der Waals surface area contributed by atoms with Gasteiger partial charge in [0.1, 0.15) is 0 Å². The third-order valence-electron chi connectivity index (χ3n) is 2.30. The Balaban J connectivity index is 3.29. The molecule has 82 valence electrons. The van der Waals surface area contributed by atoms with Gasteiger partial charge < -0.3 is 10.2 Å². The summed E-state index contributed by atoms with van der Waals surface area (Å²) in [5.41, 5.74) is 0. The third-order valence-corrected chi connectivity index (χ3v) is 2.30. The minimum absolute atomic E-state index is 0.0813. The van der Waals surface area contributed by atoms with Crippen molar-refractivity contribution in [3.63, 3.8) is 0 Å². The molecule has 3 heteroatoms. The van der Waals surface area contributed by atoms with Gasteiger partial charge in [-0.15, -0.1) is 0 Å². The van der Waals surface area contributed by atoms with Crippen LogP contribution in [0.3, 0.4) is 0 Å². The van der Waals surface area contributed by atoms with Crippen LogP contribution in [0.2, 0.25) is 0 Å². The highest BCUT2D eigenvalue weighted by atomic mass is 16.1. The van der Waals surface area contributed by atoms with Gasteiger partial charge in [-0.05, 0) is 46.4 Å².